The quantitative estimate of drug-likeness (QED) is 0.259. The van der Waals surface area contributed by atoms with Crippen LogP contribution in [0.3, 0.4) is 0 Å². The normalized spacial score (nSPS) is 22.2. The Morgan fingerprint density at radius 1 is 1.13 bits per heavy atom. The summed E-state index contributed by atoms with van der Waals surface area (Å²) in [5.74, 6) is -0.545. The number of imidazole rings is 1. The van der Waals surface area contributed by atoms with Gasteiger partial charge in [-0.25, -0.2) is 23.4 Å². The number of hydrogen-bond acceptors (Lipinski definition) is 10. The zero-order valence-corrected chi connectivity index (χ0v) is 22.9. The average molecular weight is 592 g/mol. The molecular formula is C24H23Cl2N7O5S. The van der Waals surface area contributed by atoms with Crippen LogP contribution in [0.25, 0.3) is 22.6 Å². The topological polar surface area (TPSA) is 172 Å². The standard InChI is InChI=1S/C24H23Cl2N7O5S/c1-11-3-4-15(26)12(5-11)8-29-21-16-22(32-20(31-21)13-6-14(25)9-28-7-13)33(10-30-16)24-18(35)17(34)19(23(36)27-2)39(24,37)38/h3-7,9-10,17-19,24,34-35H,8H2,1-2H3,(H,27,36)(H,29,31,32)/t17-,18+,19-,24+/m0/s1. The number of carbonyl (C=O) groups excluding carboxylic acids is 1. The molecule has 4 N–H and O–H groups in total. The third-order valence-electron chi connectivity index (χ3n) is 6.45. The number of rotatable bonds is 6. The predicted octanol–water partition coefficient (Wildman–Crippen LogP) is 1.88. The molecule has 0 saturated carbocycles. The number of hydrogen-bond donors (Lipinski definition) is 4. The number of aliphatic hydroxyl groups is 2. The maximum atomic E-state index is 13.4. The maximum absolute atomic E-state index is 13.4. The Bertz CT molecular complexity index is 1700. The van der Waals surface area contributed by atoms with Crippen molar-refractivity contribution in [1.29, 1.82) is 0 Å². The second-order valence-electron chi connectivity index (χ2n) is 9.06. The Labute approximate surface area is 233 Å². The molecule has 0 spiro atoms. The van der Waals surface area contributed by atoms with Crippen LogP contribution in [0.5, 0.6) is 0 Å². The summed E-state index contributed by atoms with van der Waals surface area (Å²) < 4.78 is 27.9. The fourth-order valence-electron chi connectivity index (χ4n) is 4.56. The number of halogens is 2. The van der Waals surface area contributed by atoms with Gasteiger partial charge in [-0.2, -0.15) is 0 Å². The molecule has 4 heterocycles. The van der Waals surface area contributed by atoms with Gasteiger partial charge in [0.1, 0.15) is 12.2 Å². The number of fused-ring (bicyclic) bond motifs is 1. The molecule has 1 amide bonds. The van der Waals surface area contributed by atoms with Gasteiger partial charge in [-0.05, 0) is 24.6 Å². The molecule has 4 atom stereocenters. The van der Waals surface area contributed by atoms with Gasteiger partial charge in [0, 0.05) is 36.6 Å². The van der Waals surface area contributed by atoms with Gasteiger partial charge in [0.2, 0.25) is 5.91 Å². The van der Waals surface area contributed by atoms with Crippen molar-refractivity contribution in [1.82, 2.24) is 29.8 Å². The van der Waals surface area contributed by atoms with E-state index in [0.717, 1.165) is 15.7 Å². The molecule has 0 radical (unpaired) electrons. The lowest BCUT2D eigenvalue weighted by atomic mass is 10.1. The van der Waals surface area contributed by atoms with E-state index in [0.29, 0.717) is 15.6 Å². The average Bonchev–Trinajstić information content (AvgIpc) is 3.38. The van der Waals surface area contributed by atoms with E-state index in [2.05, 4.69) is 30.6 Å². The van der Waals surface area contributed by atoms with Crippen LogP contribution in [-0.4, -0.2) is 73.5 Å². The zero-order valence-electron chi connectivity index (χ0n) is 20.6. The highest BCUT2D eigenvalue weighted by molar-refractivity contribution is 7.93. The van der Waals surface area contributed by atoms with E-state index in [1.165, 1.54) is 25.8 Å². The van der Waals surface area contributed by atoms with Crippen molar-refractivity contribution in [3.8, 4) is 11.4 Å². The molecule has 1 aliphatic heterocycles. The van der Waals surface area contributed by atoms with Crippen molar-refractivity contribution >= 4 is 55.9 Å². The largest absolute Gasteiger partial charge is 0.388 e. The molecule has 0 aliphatic carbocycles. The van der Waals surface area contributed by atoms with Crippen molar-refractivity contribution in [3.63, 3.8) is 0 Å². The molecule has 1 aromatic carbocycles. The number of aryl methyl sites for hydroxylation is 1. The van der Waals surface area contributed by atoms with Gasteiger partial charge in [-0.1, -0.05) is 40.9 Å². The number of carbonyl (C=O) groups is 1. The fraction of sp³-hybridized carbons (Fsp3) is 0.292. The van der Waals surface area contributed by atoms with Crippen LogP contribution in [0.4, 0.5) is 5.82 Å². The van der Waals surface area contributed by atoms with Crippen molar-refractivity contribution in [3.05, 3.63) is 64.2 Å². The second kappa shape index (κ2) is 10.3. The first-order valence-corrected chi connectivity index (χ1v) is 14.0. The van der Waals surface area contributed by atoms with E-state index in [4.69, 9.17) is 23.2 Å². The lowest BCUT2D eigenvalue weighted by molar-refractivity contribution is -0.123. The molecule has 1 saturated heterocycles. The highest BCUT2D eigenvalue weighted by Gasteiger charge is 2.58. The van der Waals surface area contributed by atoms with Crippen molar-refractivity contribution in [2.24, 2.45) is 0 Å². The minimum atomic E-state index is -4.44. The molecule has 0 bridgehead atoms. The number of aromatic nitrogens is 5. The van der Waals surface area contributed by atoms with Gasteiger partial charge in [0.25, 0.3) is 0 Å². The van der Waals surface area contributed by atoms with E-state index in [9.17, 15) is 23.4 Å². The summed E-state index contributed by atoms with van der Waals surface area (Å²) in [4.78, 5) is 29.8. The van der Waals surface area contributed by atoms with Gasteiger partial charge >= 0.3 is 0 Å². The minimum Gasteiger partial charge on any atom is -0.388 e. The molecule has 12 nitrogen and oxygen atoms in total. The lowest BCUT2D eigenvalue weighted by Crippen LogP contribution is -2.43. The number of anilines is 1. The molecule has 0 unspecified atom stereocenters. The number of amides is 1. The van der Waals surface area contributed by atoms with E-state index in [1.807, 2.05) is 19.1 Å². The van der Waals surface area contributed by atoms with Crippen molar-refractivity contribution < 1.29 is 23.4 Å². The Morgan fingerprint density at radius 3 is 2.62 bits per heavy atom. The minimum absolute atomic E-state index is 0.0372. The van der Waals surface area contributed by atoms with E-state index in [-0.39, 0.29) is 29.4 Å². The first kappa shape index (κ1) is 27.2. The number of benzene rings is 1. The Balaban J connectivity index is 1.66. The zero-order chi connectivity index (χ0) is 28.1. The molecule has 1 fully saturated rings. The monoisotopic (exact) mass is 591 g/mol. The summed E-state index contributed by atoms with van der Waals surface area (Å²) >= 11 is 12.5. The molecule has 3 aromatic heterocycles. The van der Waals surface area contributed by atoms with Crippen LogP contribution in [0.15, 0.2) is 43.0 Å². The smallest absolute Gasteiger partial charge is 0.240 e. The number of aliphatic hydroxyl groups excluding tert-OH is 2. The number of nitrogens with one attached hydrogen (secondary N) is 2. The molecule has 5 rings (SSSR count). The molecule has 4 aromatic rings. The van der Waals surface area contributed by atoms with E-state index in [1.54, 1.807) is 12.1 Å². The summed E-state index contributed by atoms with van der Waals surface area (Å²) in [6.07, 6.45) is 0.408. The predicted molar refractivity (Wildman–Crippen MR) is 145 cm³/mol. The Kier molecular flexibility index (Phi) is 7.20. The van der Waals surface area contributed by atoms with Crippen LogP contribution in [0, 0.1) is 6.92 Å². The first-order chi connectivity index (χ1) is 18.5. The summed E-state index contributed by atoms with van der Waals surface area (Å²) in [6, 6.07) is 7.16. The van der Waals surface area contributed by atoms with Crippen LogP contribution in [-0.2, 0) is 21.2 Å². The van der Waals surface area contributed by atoms with Gasteiger partial charge in [-0.15, -0.1) is 0 Å². The summed E-state index contributed by atoms with van der Waals surface area (Å²) in [5.41, 5.74) is 2.46. The summed E-state index contributed by atoms with van der Waals surface area (Å²) in [5, 5.41) is 24.0. The van der Waals surface area contributed by atoms with Gasteiger partial charge in [0.05, 0.1) is 11.3 Å². The molecule has 39 heavy (non-hydrogen) atoms. The van der Waals surface area contributed by atoms with Gasteiger partial charge in [0.15, 0.2) is 43.3 Å². The van der Waals surface area contributed by atoms with E-state index < -0.39 is 38.6 Å². The Hall–Kier alpha value is -3.36. The summed E-state index contributed by atoms with van der Waals surface area (Å²) in [6.45, 7) is 2.19. The molecule has 1 aliphatic rings. The SMILES string of the molecule is CNC(=O)[C@@H]1[C@@H](O)[C@@H](O)[C@H](n2cnc3c(NCc4cc(C)ccc4Cl)nc(-c4cncc(Cl)c4)nc32)S1(=O)=O. The molecular weight excluding hydrogens is 569 g/mol. The highest BCUT2D eigenvalue weighted by Crippen LogP contribution is 2.39. The summed E-state index contributed by atoms with van der Waals surface area (Å²) in [7, 11) is -3.19. The van der Waals surface area contributed by atoms with Crippen molar-refractivity contribution in [2.75, 3.05) is 12.4 Å². The fourth-order valence-corrected chi connectivity index (χ4v) is 7.21. The van der Waals surface area contributed by atoms with E-state index >= 15 is 0 Å². The number of sulfone groups is 1. The molecule has 204 valence electrons. The van der Waals surface area contributed by atoms with Crippen molar-refractivity contribution in [2.45, 2.75) is 36.3 Å². The van der Waals surface area contributed by atoms with Crippen LogP contribution >= 0.6 is 23.2 Å². The Morgan fingerprint density at radius 2 is 1.90 bits per heavy atom. The lowest BCUT2D eigenvalue weighted by Gasteiger charge is -2.17. The second-order valence-corrected chi connectivity index (χ2v) is 12.1. The van der Waals surface area contributed by atoms with Crippen LogP contribution < -0.4 is 10.6 Å². The third kappa shape index (κ3) is 4.80. The highest BCUT2D eigenvalue weighted by atomic mass is 35.5. The van der Waals surface area contributed by atoms with Gasteiger partial charge in [-0.3, -0.25) is 14.3 Å². The van der Waals surface area contributed by atoms with Crippen LogP contribution in [0.1, 0.15) is 16.5 Å². The van der Waals surface area contributed by atoms with Crippen LogP contribution in [0.2, 0.25) is 10.0 Å². The maximum Gasteiger partial charge on any atom is 0.240 e. The van der Waals surface area contributed by atoms with Gasteiger partial charge < -0.3 is 20.8 Å². The third-order valence-corrected chi connectivity index (χ3v) is 9.41. The first-order valence-electron chi connectivity index (χ1n) is 11.7. The number of nitrogens with zero attached hydrogens (tertiary/aromatic N) is 5. The number of pyridine rings is 1. The molecule has 15 heteroatoms.